The molecule has 3 aromatic rings. The van der Waals surface area contributed by atoms with E-state index in [9.17, 15) is 4.79 Å². The van der Waals surface area contributed by atoms with Gasteiger partial charge in [0.2, 0.25) is 0 Å². The van der Waals surface area contributed by atoms with Crippen LogP contribution in [0.4, 0.5) is 4.79 Å². The number of halogens is 1. The number of nitrogens with zero attached hydrogens (tertiary/aromatic N) is 1. The van der Waals surface area contributed by atoms with Crippen molar-refractivity contribution in [2.24, 2.45) is 0 Å². The van der Waals surface area contributed by atoms with Crippen LogP contribution in [0.15, 0.2) is 83.3 Å². The molecule has 33 heavy (non-hydrogen) atoms. The van der Waals surface area contributed by atoms with Crippen LogP contribution in [-0.4, -0.2) is 29.7 Å². The molecule has 166 valence electrons. The monoisotopic (exact) mass is 499 g/mol. The molecule has 0 aromatic heterocycles. The summed E-state index contributed by atoms with van der Waals surface area (Å²) in [5.41, 5.74) is 7.58. The molecule has 1 amide bonds. The van der Waals surface area contributed by atoms with Gasteiger partial charge in [-0.2, -0.15) is 0 Å². The number of carbonyl (C=O) groups excluding carboxylic acids is 1. The summed E-state index contributed by atoms with van der Waals surface area (Å²) >= 11 is 3.70. The van der Waals surface area contributed by atoms with Crippen molar-refractivity contribution in [3.63, 3.8) is 0 Å². The minimum absolute atomic E-state index is 0.0948. The van der Waals surface area contributed by atoms with Crippen molar-refractivity contribution in [3.8, 4) is 11.1 Å². The number of fused-ring (bicyclic) bond motifs is 5. The van der Waals surface area contributed by atoms with Crippen molar-refractivity contribution in [2.45, 2.75) is 43.7 Å². The van der Waals surface area contributed by atoms with Gasteiger partial charge in [0, 0.05) is 16.4 Å². The molecular weight excluding hydrogens is 474 g/mol. The van der Waals surface area contributed by atoms with Crippen LogP contribution in [-0.2, 0) is 4.74 Å². The Bertz CT molecular complexity index is 1200. The normalized spacial score (nSPS) is 21.2. The summed E-state index contributed by atoms with van der Waals surface area (Å²) in [4.78, 5) is 15.4. The van der Waals surface area contributed by atoms with Gasteiger partial charge in [0.25, 0.3) is 0 Å². The van der Waals surface area contributed by atoms with Gasteiger partial charge >= 0.3 is 6.09 Å². The molecule has 1 saturated heterocycles. The van der Waals surface area contributed by atoms with Gasteiger partial charge in [-0.15, -0.1) is 0 Å². The molecule has 2 unspecified atom stereocenters. The van der Waals surface area contributed by atoms with Gasteiger partial charge in [-0.1, -0.05) is 88.7 Å². The highest BCUT2D eigenvalue weighted by Crippen LogP contribution is 2.45. The SMILES string of the molecule is O=C(OCC1c2ccccc2-c2ccccc21)N1C2C=C(c3ccccc3Br)CC1CCC2. The number of benzene rings is 3. The molecule has 1 fully saturated rings. The van der Waals surface area contributed by atoms with Gasteiger partial charge < -0.3 is 4.74 Å². The highest BCUT2D eigenvalue weighted by molar-refractivity contribution is 9.10. The smallest absolute Gasteiger partial charge is 0.410 e. The molecule has 0 N–H and O–H groups in total. The largest absolute Gasteiger partial charge is 0.448 e. The summed E-state index contributed by atoms with van der Waals surface area (Å²) in [7, 11) is 0. The summed E-state index contributed by atoms with van der Waals surface area (Å²) in [6, 6.07) is 25.6. The predicted octanol–water partition coefficient (Wildman–Crippen LogP) is 7.41. The van der Waals surface area contributed by atoms with Crippen LogP contribution in [0, 0.1) is 0 Å². The molecule has 6 rings (SSSR count). The van der Waals surface area contributed by atoms with Gasteiger partial charge in [0.15, 0.2) is 0 Å². The second-order valence-corrected chi connectivity index (χ2v) is 10.1. The standard InChI is InChI=1S/C29H26BrNO2/c30-28-15-6-5-10-22(28)19-16-20-8-7-9-21(17-19)31(20)29(32)33-18-27-25-13-3-1-11-23(25)24-12-2-4-14-26(24)27/h1-6,10-16,20-21,27H,7-9,17-18H2. The Morgan fingerprint density at radius 3 is 2.18 bits per heavy atom. The van der Waals surface area contributed by atoms with Crippen molar-refractivity contribution >= 4 is 27.6 Å². The first-order chi connectivity index (χ1) is 16.2. The number of piperidine rings is 1. The first-order valence-corrected chi connectivity index (χ1v) is 12.6. The third-order valence-corrected chi connectivity index (χ3v) is 8.10. The molecule has 2 bridgehead atoms. The third kappa shape index (κ3) is 3.61. The molecule has 3 aliphatic rings. The second kappa shape index (κ2) is 8.49. The average molecular weight is 500 g/mol. The summed E-state index contributed by atoms with van der Waals surface area (Å²) < 4.78 is 7.14. The second-order valence-electron chi connectivity index (χ2n) is 9.24. The Balaban J connectivity index is 1.23. The fourth-order valence-corrected chi connectivity index (χ4v) is 6.44. The van der Waals surface area contributed by atoms with Crippen molar-refractivity contribution in [3.05, 3.63) is 100 Å². The van der Waals surface area contributed by atoms with E-state index in [2.05, 4.69) is 88.7 Å². The van der Waals surface area contributed by atoms with E-state index in [-0.39, 0.29) is 24.1 Å². The average Bonchev–Trinajstić information content (AvgIpc) is 3.16. The molecule has 1 aliphatic carbocycles. The van der Waals surface area contributed by atoms with Gasteiger partial charge in [-0.3, -0.25) is 4.90 Å². The Morgan fingerprint density at radius 1 is 0.879 bits per heavy atom. The maximum absolute atomic E-state index is 13.4. The first kappa shape index (κ1) is 20.7. The van der Waals surface area contributed by atoms with E-state index >= 15 is 0 Å². The van der Waals surface area contributed by atoms with E-state index in [1.54, 1.807) is 0 Å². The fourth-order valence-electron chi connectivity index (χ4n) is 5.90. The molecule has 0 spiro atoms. The predicted molar refractivity (Wildman–Crippen MR) is 135 cm³/mol. The Hall–Kier alpha value is -2.85. The van der Waals surface area contributed by atoms with Crippen molar-refractivity contribution in [2.75, 3.05) is 6.61 Å². The molecule has 2 aliphatic heterocycles. The molecule has 0 radical (unpaired) electrons. The zero-order chi connectivity index (χ0) is 22.4. The van der Waals surface area contributed by atoms with Crippen molar-refractivity contribution in [1.82, 2.24) is 4.90 Å². The van der Waals surface area contributed by atoms with E-state index in [1.807, 2.05) is 11.0 Å². The zero-order valence-electron chi connectivity index (χ0n) is 18.4. The highest BCUT2D eigenvalue weighted by Gasteiger charge is 2.39. The van der Waals surface area contributed by atoms with Gasteiger partial charge in [-0.25, -0.2) is 4.79 Å². The van der Waals surface area contributed by atoms with Gasteiger partial charge in [0.05, 0.1) is 6.04 Å². The summed E-state index contributed by atoms with van der Waals surface area (Å²) in [6.45, 7) is 0.379. The first-order valence-electron chi connectivity index (χ1n) is 11.8. The maximum atomic E-state index is 13.4. The Kier molecular flexibility index (Phi) is 5.34. The lowest BCUT2D eigenvalue weighted by Crippen LogP contribution is -2.51. The minimum Gasteiger partial charge on any atom is -0.448 e. The molecular formula is C29H26BrNO2. The molecule has 4 heteroatoms. The quantitative estimate of drug-likeness (QED) is 0.375. The molecule has 0 saturated carbocycles. The highest BCUT2D eigenvalue weighted by atomic mass is 79.9. The molecule has 2 heterocycles. The van der Waals surface area contributed by atoms with E-state index in [0.29, 0.717) is 6.61 Å². The number of amides is 1. The lowest BCUT2D eigenvalue weighted by Gasteiger charge is -2.44. The Labute approximate surface area is 203 Å². The molecule has 2 atom stereocenters. The summed E-state index contributed by atoms with van der Waals surface area (Å²) in [5.74, 6) is 0.0948. The Morgan fingerprint density at radius 2 is 1.52 bits per heavy atom. The number of hydrogen-bond acceptors (Lipinski definition) is 2. The van der Waals surface area contributed by atoms with E-state index in [4.69, 9.17) is 4.74 Å². The maximum Gasteiger partial charge on any atom is 0.410 e. The van der Waals surface area contributed by atoms with E-state index in [0.717, 1.165) is 30.2 Å². The van der Waals surface area contributed by atoms with Crippen molar-refractivity contribution in [1.29, 1.82) is 0 Å². The van der Waals surface area contributed by atoms with E-state index in [1.165, 1.54) is 33.4 Å². The van der Waals surface area contributed by atoms with E-state index < -0.39 is 0 Å². The summed E-state index contributed by atoms with van der Waals surface area (Å²) in [6.07, 6.45) is 6.17. The van der Waals surface area contributed by atoms with Crippen molar-refractivity contribution < 1.29 is 9.53 Å². The number of rotatable bonds is 3. The molecule has 3 nitrogen and oxygen atoms in total. The minimum atomic E-state index is -0.172. The van der Waals surface area contributed by atoms with Gasteiger partial charge in [0.1, 0.15) is 6.61 Å². The van der Waals surface area contributed by atoms with Crippen LogP contribution in [0.1, 0.15) is 48.3 Å². The van der Waals surface area contributed by atoms with Crippen LogP contribution in [0.2, 0.25) is 0 Å². The van der Waals surface area contributed by atoms with Crippen LogP contribution in [0.3, 0.4) is 0 Å². The number of ether oxygens (including phenoxy) is 1. The van der Waals surface area contributed by atoms with Crippen LogP contribution in [0.5, 0.6) is 0 Å². The zero-order valence-corrected chi connectivity index (χ0v) is 20.0. The molecule has 3 aromatic carbocycles. The topological polar surface area (TPSA) is 29.5 Å². The summed E-state index contributed by atoms with van der Waals surface area (Å²) in [5, 5.41) is 0. The van der Waals surface area contributed by atoms with Gasteiger partial charge in [-0.05, 0) is 65.1 Å². The number of hydrogen-bond donors (Lipinski definition) is 0. The van der Waals surface area contributed by atoms with Crippen LogP contribution in [0.25, 0.3) is 16.7 Å². The van der Waals surface area contributed by atoms with Crippen LogP contribution < -0.4 is 0 Å². The van der Waals surface area contributed by atoms with Crippen LogP contribution >= 0.6 is 15.9 Å². The lowest BCUT2D eigenvalue weighted by molar-refractivity contribution is 0.0539. The third-order valence-electron chi connectivity index (χ3n) is 7.40. The fraction of sp³-hybridized carbons (Fsp3) is 0.276. The number of carbonyl (C=O) groups is 1. The lowest BCUT2D eigenvalue weighted by atomic mass is 9.83.